The number of nitrogens with one attached hydrogen (secondary N) is 1. The van der Waals surface area contributed by atoms with Crippen molar-refractivity contribution >= 4 is 17.3 Å². The highest BCUT2D eigenvalue weighted by atomic mass is 16.5. The van der Waals surface area contributed by atoms with E-state index in [4.69, 9.17) is 9.47 Å². The summed E-state index contributed by atoms with van der Waals surface area (Å²) in [5, 5.41) is 2.93. The zero-order valence-corrected chi connectivity index (χ0v) is 15.3. The summed E-state index contributed by atoms with van der Waals surface area (Å²) in [6, 6.07) is 15.7. The molecule has 6 heteroatoms. The van der Waals surface area contributed by atoms with Crippen molar-refractivity contribution in [2.45, 2.75) is 0 Å². The number of rotatable bonds is 6. The third-order valence-corrected chi connectivity index (χ3v) is 4.53. The number of amides is 1. The number of hydrogen-bond acceptors (Lipinski definition) is 5. The molecular weight excluding hydrogens is 330 g/mol. The zero-order valence-electron chi connectivity index (χ0n) is 15.3. The minimum Gasteiger partial charge on any atom is -0.493 e. The first-order valence-electron chi connectivity index (χ1n) is 8.74. The van der Waals surface area contributed by atoms with E-state index in [1.807, 2.05) is 12.1 Å². The average Bonchev–Trinajstić information content (AvgIpc) is 2.69. The summed E-state index contributed by atoms with van der Waals surface area (Å²) in [4.78, 5) is 16.9. The summed E-state index contributed by atoms with van der Waals surface area (Å²) >= 11 is 0. The van der Waals surface area contributed by atoms with E-state index >= 15 is 0 Å². The molecule has 1 amide bonds. The fourth-order valence-electron chi connectivity index (χ4n) is 3.12. The van der Waals surface area contributed by atoms with E-state index in [0.717, 1.165) is 26.2 Å². The van der Waals surface area contributed by atoms with Crippen molar-refractivity contribution in [3.05, 3.63) is 48.5 Å². The summed E-state index contributed by atoms with van der Waals surface area (Å²) < 4.78 is 10.5. The fraction of sp³-hybridized carbons (Fsp3) is 0.350. The van der Waals surface area contributed by atoms with Crippen LogP contribution in [0.25, 0.3) is 0 Å². The van der Waals surface area contributed by atoms with E-state index in [-0.39, 0.29) is 5.91 Å². The lowest BCUT2D eigenvalue weighted by Gasteiger charge is -2.35. The van der Waals surface area contributed by atoms with Crippen LogP contribution in [0.4, 0.5) is 11.4 Å². The van der Waals surface area contributed by atoms with Crippen molar-refractivity contribution in [2.24, 2.45) is 0 Å². The Balaban J connectivity index is 1.50. The van der Waals surface area contributed by atoms with Gasteiger partial charge in [-0.25, -0.2) is 0 Å². The van der Waals surface area contributed by atoms with Crippen LogP contribution in [0.1, 0.15) is 0 Å². The molecule has 0 atom stereocenters. The largest absolute Gasteiger partial charge is 0.493 e. The summed E-state index contributed by atoms with van der Waals surface area (Å²) in [6.07, 6.45) is 0. The molecule has 3 rings (SSSR count). The van der Waals surface area contributed by atoms with Gasteiger partial charge in [0.25, 0.3) is 0 Å². The van der Waals surface area contributed by atoms with Gasteiger partial charge in [-0.05, 0) is 24.3 Å². The van der Waals surface area contributed by atoms with Crippen molar-refractivity contribution in [1.82, 2.24) is 4.90 Å². The molecule has 0 saturated carbocycles. The van der Waals surface area contributed by atoms with E-state index in [9.17, 15) is 4.79 Å². The number of piperazine rings is 1. The maximum Gasteiger partial charge on any atom is 0.238 e. The van der Waals surface area contributed by atoms with Crippen LogP contribution in [0.15, 0.2) is 48.5 Å². The van der Waals surface area contributed by atoms with Gasteiger partial charge >= 0.3 is 0 Å². The van der Waals surface area contributed by atoms with Gasteiger partial charge in [-0.15, -0.1) is 0 Å². The SMILES string of the molecule is COc1ccc(NC(=O)CN2CCN(c3ccccc3)CC2)cc1OC. The molecule has 1 heterocycles. The first-order valence-corrected chi connectivity index (χ1v) is 8.74. The average molecular weight is 355 g/mol. The molecule has 1 aliphatic heterocycles. The first-order chi connectivity index (χ1) is 12.7. The number of para-hydroxylation sites is 1. The molecule has 2 aromatic carbocycles. The van der Waals surface area contributed by atoms with Gasteiger partial charge in [0, 0.05) is 43.6 Å². The van der Waals surface area contributed by atoms with Crippen LogP contribution in [-0.4, -0.2) is 57.8 Å². The van der Waals surface area contributed by atoms with Crippen molar-refractivity contribution in [2.75, 3.05) is 57.2 Å². The molecule has 0 spiro atoms. The van der Waals surface area contributed by atoms with Gasteiger partial charge in [0.05, 0.1) is 20.8 Å². The standard InChI is InChI=1S/C20H25N3O3/c1-25-18-9-8-16(14-19(18)26-2)21-20(24)15-22-10-12-23(13-11-22)17-6-4-3-5-7-17/h3-9,14H,10-13,15H2,1-2H3,(H,21,24). The van der Waals surface area contributed by atoms with E-state index in [1.54, 1.807) is 26.4 Å². The van der Waals surface area contributed by atoms with Gasteiger partial charge in [0.15, 0.2) is 11.5 Å². The van der Waals surface area contributed by atoms with E-state index in [0.29, 0.717) is 23.7 Å². The van der Waals surface area contributed by atoms with Crippen LogP contribution in [-0.2, 0) is 4.79 Å². The Morgan fingerprint density at radius 3 is 2.31 bits per heavy atom. The number of carbonyl (C=O) groups is 1. The Morgan fingerprint density at radius 1 is 0.962 bits per heavy atom. The van der Waals surface area contributed by atoms with Crippen molar-refractivity contribution in [3.8, 4) is 11.5 Å². The molecule has 1 N–H and O–H groups in total. The van der Waals surface area contributed by atoms with Crippen LogP contribution in [0.3, 0.4) is 0 Å². The molecular formula is C20H25N3O3. The summed E-state index contributed by atoms with van der Waals surface area (Å²) in [5.41, 5.74) is 1.94. The van der Waals surface area contributed by atoms with Crippen molar-refractivity contribution in [3.63, 3.8) is 0 Å². The Kier molecular flexibility index (Phi) is 5.96. The maximum absolute atomic E-state index is 12.3. The number of benzene rings is 2. The molecule has 0 aliphatic carbocycles. The summed E-state index contributed by atoms with van der Waals surface area (Å²) in [6.45, 7) is 3.97. The second kappa shape index (κ2) is 8.58. The van der Waals surface area contributed by atoms with Gasteiger partial charge in [-0.2, -0.15) is 0 Å². The highest BCUT2D eigenvalue weighted by molar-refractivity contribution is 5.92. The number of methoxy groups -OCH3 is 2. The predicted molar refractivity (Wildman–Crippen MR) is 103 cm³/mol. The number of carbonyl (C=O) groups excluding carboxylic acids is 1. The monoisotopic (exact) mass is 355 g/mol. The lowest BCUT2D eigenvalue weighted by Crippen LogP contribution is -2.48. The molecule has 0 radical (unpaired) electrons. The molecule has 1 aliphatic rings. The minimum atomic E-state index is -0.0228. The smallest absolute Gasteiger partial charge is 0.238 e. The normalized spacial score (nSPS) is 14.8. The molecule has 26 heavy (non-hydrogen) atoms. The van der Waals surface area contributed by atoms with Gasteiger partial charge < -0.3 is 19.7 Å². The molecule has 138 valence electrons. The first kappa shape index (κ1) is 18.1. The lowest BCUT2D eigenvalue weighted by molar-refractivity contribution is -0.117. The molecule has 1 fully saturated rings. The van der Waals surface area contributed by atoms with Crippen LogP contribution >= 0.6 is 0 Å². The quantitative estimate of drug-likeness (QED) is 0.863. The van der Waals surface area contributed by atoms with Crippen LogP contribution in [0.5, 0.6) is 11.5 Å². The Bertz CT molecular complexity index is 728. The summed E-state index contributed by atoms with van der Waals surface area (Å²) in [5.74, 6) is 1.22. The second-order valence-electron chi connectivity index (χ2n) is 6.22. The minimum absolute atomic E-state index is 0.0228. The Morgan fingerprint density at radius 2 is 1.65 bits per heavy atom. The van der Waals surface area contributed by atoms with Crippen molar-refractivity contribution in [1.29, 1.82) is 0 Å². The number of nitrogens with zero attached hydrogens (tertiary/aromatic N) is 2. The van der Waals surface area contributed by atoms with Crippen LogP contribution in [0, 0.1) is 0 Å². The molecule has 0 bridgehead atoms. The Labute approximate surface area is 154 Å². The highest BCUT2D eigenvalue weighted by Crippen LogP contribution is 2.29. The molecule has 6 nitrogen and oxygen atoms in total. The third-order valence-electron chi connectivity index (χ3n) is 4.53. The van der Waals surface area contributed by atoms with E-state index < -0.39 is 0 Å². The number of ether oxygens (including phenoxy) is 2. The van der Waals surface area contributed by atoms with Gasteiger partial charge in [-0.1, -0.05) is 18.2 Å². The summed E-state index contributed by atoms with van der Waals surface area (Å²) in [7, 11) is 3.17. The second-order valence-corrected chi connectivity index (χ2v) is 6.22. The number of anilines is 2. The maximum atomic E-state index is 12.3. The van der Waals surface area contributed by atoms with Crippen molar-refractivity contribution < 1.29 is 14.3 Å². The number of hydrogen-bond donors (Lipinski definition) is 1. The third kappa shape index (κ3) is 4.46. The highest BCUT2D eigenvalue weighted by Gasteiger charge is 2.19. The molecule has 2 aromatic rings. The van der Waals surface area contributed by atoms with Gasteiger partial charge in [0.2, 0.25) is 5.91 Å². The molecule has 1 saturated heterocycles. The fourth-order valence-corrected chi connectivity index (χ4v) is 3.12. The van der Waals surface area contributed by atoms with E-state index in [1.165, 1.54) is 5.69 Å². The predicted octanol–water partition coefficient (Wildman–Crippen LogP) is 2.46. The topological polar surface area (TPSA) is 54.0 Å². The van der Waals surface area contributed by atoms with Crippen LogP contribution in [0.2, 0.25) is 0 Å². The molecule has 0 unspecified atom stereocenters. The van der Waals surface area contributed by atoms with E-state index in [2.05, 4.69) is 39.4 Å². The Hall–Kier alpha value is -2.73. The van der Waals surface area contributed by atoms with Gasteiger partial charge in [0.1, 0.15) is 0 Å². The lowest BCUT2D eigenvalue weighted by atomic mass is 10.2. The van der Waals surface area contributed by atoms with Crippen LogP contribution < -0.4 is 19.7 Å². The molecule has 0 aromatic heterocycles. The van der Waals surface area contributed by atoms with Gasteiger partial charge in [-0.3, -0.25) is 9.69 Å². The zero-order chi connectivity index (χ0) is 18.4.